The number of ketones is 1. The van der Waals surface area contributed by atoms with Crippen LogP contribution in [0, 0.1) is 6.92 Å². The summed E-state index contributed by atoms with van der Waals surface area (Å²) >= 11 is 3.22. The van der Waals surface area contributed by atoms with E-state index < -0.39 is 0 Å². The average molecular weight is 419 g/mol. The number of benzene rings is 1. The van der Waals surface area contributed by atoms with E-state index >= 15 is 0 Å². The van der Waals surface area contributed by atoms with E-state index in [9.17, 15) is 14.4 Å². The number of pyridine rings is 1. The summed E-state index contributed by atoms with van der Waals surface area (Å²) in [5, 5.41) is 0. The number of ether oxygens (including phenoxy) is 1. The van der Waals surface area contributed by atoms with Crippen LogP contribution in [0.1, 0.15) is 29.3 Å². The largest absolute Gasteiger partial charge is 0.482 e. The lowest BCUT2D eigenvalue weighted by molar-refractivity contribution is -0.121. The summed E-state index contributed by atoms with van der Waals surface area (Å²) in [5.41, 5.74) is 1.66. The number of fused-ring (bicyclic) bond motifs is 1. The molecule has 0 fully saturated rings. The van der Waals surface area contributed by atoms with E-state index in [0.717, 1.165) is 12.0 Å². The molecule has 0 spiro atoms. The molecule has 0 bridgehead atoms. The van der Waals surface area contributed by atoms with Crippen LogP contribution in [0.4, 0.5) is 5.69 Å². The first-order chi connectivity index (χ1) is 12.4. The minimum Gasteiger partial charge on any atom is -0.482 e. The first-order valence-corrected chi connectivity index (χ1v) is 9.17. The van der Waals surface area contributed by atoms with E-state index in [1.165, 1.54) is 4.57 Å². The molecule has 136 valence electrons. The van der Waals surface area contributed by atoms with Gasteiger partial charge in [-0.3, -0.25) is 14.4 Å². The fourth-order valence-electron chi connectivity index (χ4n) is 2.95. The standard InChI is InChI=1S/C19H19BrN2O4/c1-3-6-22-15-8-13(4-5-17(15)26-11-18(22)24)16(23)10-21-9-12(2)7-14(20)19(21)25/h4-5,7-9H,3,6,10-11H2,1-2H3. The van der Waals surface area contributed by atoms with Gasteiger partial charge in [-0.1, -0.05) is 6.92 Å². The molecule has 0 N–H and O–H groups in total. The molecule has 2 aromatic rings. The molecule has 1 aromatic carbocycles. The van der Waals surface area contributed by atoms with Gasteiger partial charge < -0.3 is 14.2 Å². The Bertz CT molecular complexity index is 936. The van der Waals surface area contributed by atoms with E-state index in [1.54, 1.807) is 35.4 Å². The molecule has 26 heavy (non-hydrogen) atoms. The lowest BCUT2D eigenvalue weighted by Gasteiger charge is -2.29. The van der Waals surface area contributed by atoms with Gasteiger partial charge in [-0.25, -0.2) is 0 Å². The lowest BCUT2D eigenvalue weighted by atomic mass is 10.1. The lowest BCUT2D eigenvalue weighted by Crippen LogP contribution is -2.39. The van der Waals surface area contributed by atoms with Crippen molar-refractivity contribution in [2.24, 2.45) is 0 Å². The van der Waals surface area contributed by atoms with Crippen LogP contribution in [-0.4, -0.2) is 29.4 Å². The van der Waals surface area contributed by atoms with Crippen molar-refractivity contribution >= 4 is 33.3 Å². The molecule has 0 atom stereocenters. The Hall–Kier alpha value is -2.41. The predicted molar refractivity (Wildman–Crippen MR) is 102 cm³/mol. The van der Waals surface area contributed by atoms with E-state index in [1.807, 2.05) is 13.8 Å². The summed E-state index contributed by atoms with van der Waals surface area (Å²) in [6.45, 7) is 4.35. The summed E-state index contributed by atoms with van der Waals surface area (Å²) in [5.74, 6) is 0.259. The fraction of sp³-hybridized carbons (Fsp3) is 0.316. The van der Waals surface area contributed by atoms with Crippen LogP contribution in [0.15, 0.2) is 39.7 Å². The number of Topliss-reactive ketones (excluding diaryl/α,β-unsaturated/α-hetero) is 1. The Labute approximate surface area is 159 Å². The second-order valence-corrected chi connectivity index (χ2v) is 7.09. The highest BCUT2D eigenvalue weighted by Crippen LogP contribution is 2.33. The molecule has 1 aliphatic rings. The van der Waals surface area contributed by atoms with E-state index in [-0.39, 0.29) is 30.4 Å². The monoisotopic (exact) mass is 418 g/mol. The first kappa shape index (κ1) is 18.4. The van der Waals surface area contributed by atoms with Crippen molar-refractivity contribution in [1.29, 1.82) is 0 Å². The van der Waals surface area contributed by atoms with E-state index in [0.29, 0.717) is 28.0 Å². The Morgan fingerprint density at radius 1 is 1.27 bits per heavy atom. The topological polar surface area (TPSA) is 68.6 Å². The SMILES string of the molecule is CCCN1C(=O)COc2ccc(C(=O)Cn3cc(C)cc(Br)c3=O)cc21. The van der Waals surface area contributed by atoms with Gasteiger partial charge in [0.1, 0.15) is 5.75 Å². The highest BCUT2D eigenvalue weighted by molar-refractivity contribution is 9.10. The second-order valence-electron chi connectivity index (χ2n) is 6.24. The third-order valence-corrected chi connectivity index (χ3v) is 4.73. The van der Waals surface area contributed by atoms with Gasteiger partial charge in [-0.2, -0.15) is 0 Å². The van der Waals surface area contributed by atoms with Gasteiger partial charge in [0.05, 0.1) is 16.7 Å². The summed E-state index contributed by atoms with van der Waals surface area (Å²) < 4.78 is 7.25. The number of anilines is 1. The second kappa shape index (κ2) is 7.45. The van der Waals surface area contributed by atoms with E-state index in [2.05, 4.69) is 15.9 Å². The number of carbonyl (C=O) groups is 2. The molecule has 0 saturated heterocycles. The van der Waals surface area contributed by atoms with Gasteiger partial charge in [0, 0.05) is 18.3 Å². The van der Waals surface area contributed by atoms with Crippen LogP contribution in [-0.2, 0) is 11.3 Å². The first-order valence-electron chi connectivity index (χ1n) is 8.37. The Morgan fingerprint density at radius 3 is 2.77 bits per heavy atom. The Kier molecular flexibility index (Phi) is 5.27. The van der Waals surface area contributed by atoms with E-state index in [4.69, 9.17) is 4.74 Å². The molecule has 1 aromatic heterocycles. The molecule has 1 amide bonds. The maximum absolute atomic E-state index is 12.7. The molecule has 0 radical (unpaired) electrons. The molecule has 7 heteroatoms. The smallest absolute Gasteiger partial charge is 0.265 e. The normalized spacial score (nSPS) is 13.3. The third kappa shape index (κ3) is 3.58. The maximum Gasteiger partial charge on any atom is 0.265 e. The summed E-state index contributed by atoms with van der Waals surface area (Å²) in [6.07, 6.45) is 2.45. The number of aromatic nitrogens is 1. The van der Waals surface area contributed by atoms with Gasteiger partial charge in [-0.15, -0.1) is 0 Å². The Balaban J connectivity index is 1.92. The van der Waals surface area contributed by atoms with Crippen molar-refractivity contribution in [2.45, 2.75) is 26.8 Å². The highest BCUT2D eigenvalue weighted by Gasteiger charge is 2.26. The molecular weight excluding hydrogens is 400 g/mol. The number of aryl methyl sites for hydroxylation is 1. The molecule has 1 aliphatic heterocycles. The number of hydrogen-bond donors (Lipinski definition) is 0. The average Bonchev–Trinajstić information content (AvgIpc) is 2.61. The molecular formula is C19H19BrN2O4. The number of hydrogen-bond acceptors (Lipinski definition) is 4. The van der Waals surface area contributed by atoms with Crippen LogP contribution in [0.3, 0.4) is 0 Å². The minimum absolute atomic E-state index is 0.00695. The molecule has 0 saturated carbocycles. The minimum atomic E-state index is -0.256. The van der Waals surface area contributed by atoms with Crippen LogP contribution in [0.5, 0.6) is 5.75 Å². The number of amides is 1. The number of halogens is 1. The third-order valence-electron chi connectivity index (χ3n) is 4.16. The fourth-order valence-corrected chi connectivity index (χ4v) is 3.54. The number of nitrogens with zero attached hydrogens (tertiary/aromatic N) is 2. The zero-order valence-corrected chi connectivity index (χ0v) is 16.2. The van der Waals surface area contributed by atoms with Crippen LogP contribution in [0.25, 0.3) is 0 Å². The summed E-state index contributed by atoms with van der Waals surface area (Å²) in [4.78, 5) is 38.6. The van der Waals surface area contributed by atoms with Gasteiger partial charge in [0.25, 0.3) is 11.5 Å². The zero-order chi connectivity index (χ0) is 18.8. The summed E-state index contributed by atoms with van der Waals surface area (Å²) in [7, 11) is 0. The molecule has 3 rings (SSSR count). The summed E-state index contributed by atoms with van der Waals surface area (Å²) in [6, 6.07) is 6.75. The molecule has 0 aliphatic carbocycles. The number of carbonyl (C=O) groups excluding carboxylic acids is 2. The predicted octanol–water partition coefficient (Wildman–Crippen LogP) is 2.94. The van der Waals surface area contributed by atoms with Gasteiger partial charge in [0.2, 0.25) is 0 Å². The van der Waals surface area contributed by atoms with Crippen molar-refractivity contribution in [3.05, 3.63) is 56.4 Å². The van der Waals surface area contributed by atoms with Crippen LogP contribution >= 0.6 is 15.9 Å². The van der Waals surface area contributed by atoms with Crippen molar-refractivity contribution < 1.29 is 14.3 Å². The number of rotatable bonds is 5. The molecule has 2 heterocycles. The van der Waals surface area contributed by atoms with Crippen molar-refractivity contribution in [3.63, 3.8) is 0 Å². The maximum atomic E-state index is 12.7. The molecule has 6 nitrogen and oxygen atoms in total. The van der Waals surface area contributed by atoms with Gasteiger partial charge >= 0.3 is 0 Å². The van der Waals surface area contributed by atoms with Gasteiger partial charge in [0.15, 0.2) is 12.4 Å². The Morgan fingerprint density at radius 2 is 2.04 bits per heavy atom. The highest BCUT2D eigenvalue weighted by atomic mass is 79.9. The van der Waals surface area contributed by atoms with Crippen molar-refractivity contribution in [3.8, 4) is 5.75 Å². The van der Waals surface area contributed by atoms with Crippen molar-refractivity contribution in [1.82, 2.24) is 4.57 Å². The van der Waals surface area contributed by atoms with Gasteiger partial charge in [-0.05, 0) is 59.1 Å². The zero-order valence-electron chi connectivity index (χ0n) is 14.6. The van der Waals surface area contributed by atoms with Crippen LogP contribution in [0.2, 0.25) is 0 Å². The molecule has 0 unspecified atom stereocenters. The van der Waals surface area contributed by atoms with Crippen LogP contribution < -0.4 is 15.2 Å². The quantitative estimate of drug-likeness (QED) is 0.699. The van der Waals surface area contributed by atoms with Crippen molar-refractivity contribution in [2.75, 3.05) is 18.1 Å².